The van der Waals surface area contributed by atoms with Crippen molar-refractivity contribution < 1.29 is 14.6 Å². The zero-order valence-electron chi connectivity index (χ0n) is 10.5. The highest BCUT2D eigenvalue weighted by Gasteiger charge is 2.15. The molecule has 0 saturated heterocycles. The Balaban J connectivity index is 1.97. The van der Waals surface area contributed by atoms with Crippen LogP contribution < -0.4 is 4.74 Å². The summed E-state index contributed by atoms with van der Waals surface area (Å²) >= 11 is 0. The van der Waals surface area contributed by atoms with E-state index in [1.807, 2.05) is 19.1 Å². The summed E-state index contributed by atoms with van der Waals surface area (Å²) in [6.45, 7) is 2.78. The van der Waals surface area contributed by atoms with Gasteiger partial charge in [0, 0.05) is 13.5 Å². The number of benzene rings is 1. The summed E-state index contributed by atoms with van der Waals surface area (Å²) in [5.41, 5.74) is 2.19. The van der Waals surface area contributed by atoms with Crippen molar-refractivity contribution in [1.82, 2.24) is 0 Å². The Hall–Kier alpha value is -1.06. The minimum absolute atomic E-state index is 0.197. The quantitative estimate of drug-likeness (QED) is 0.853. The predicted molar refractivity (Wildman–Crippen MR) is 66.3 cm³/mol. The first-order valence-electron chi connectivity index (χ1n) is 6.17. The van der Waals surface area contributed by atoms with E-state index in [-0.39, 0.29) is 6.10 Å². The first-order chi connectivity index (χ1) is 8.20. The lowest BCUT2D eigenvalue weighted by Gasteiger charge is -2.14. The fourth-order valence-corrected chi connectivity index (χ4v) is 2.09. The van der Waals surface area contributed by atoms with Gasteiger partial charge in [-0.25, -0.2) is 0 Å². The lowest BCUT2D eigenvalue weighted by Crippen LogP contribution is -2.07. The van der Waals surface area contributed by atoms with E-state index >= 15 is 0 Å². The first-order valence-corrected chi connectivity index (χ1v) is 6.17. The van der Waals surface area contributed by atoms with Crippen molar-refractivity contribution in [3.05, 3.63) is 29.3 Å². The molecule has 0 bridgehead atoms. The number of methoxy groups -OCH3 is 1. The van der Waals surface area contributed by atoms with Gasteiger partial charge in [-0.1, -0.05) is 6.07 Å². The Bertz CT molecular complexity index is 376. The van der Waals surface area contributed by atoms with Crippen LogP contribution in [0.4, 0.5) is 0 Å². The molecule has 1 N–H and O–H groups in total. The minimum Gasteiger partial charge on any atom is -0.493 e. The van der Waals surface area contributed by atoms with Crippen molar-refractivity contribution >= 4 is 0 Å². The van der Waals surface area contributed by atoms with Crippen LogP contribution in [0.25, 0.3) is 0 Å². The molecule has 0 saturated carbocycles. The zero-order chi connectivity index (χ0) is 12.3. The van der Waals surface area contributed by atoms with Crippen LogP contribution in [-0.4, -0.2) is 24.9 Å². The number of ether oxygens (including phenoxy) is 2. The van der Waals surface area contributed by atoms with Gasteiger partial charge in [0.05, 0.1) is 18.8 Å². The molecule has 0 aromatic heterocycles. The molecular weight excluding hydrogens is 216 g/mol. The molecule has 0 spiro atoms. The van der Waals surface area contributed by atoms with E-state index < -0.39 is 6.10 Å². The van der Waals surface area contributed by atoms with Crippen molar-refractivity contribution in [2.75, 3.05) is 13.7 Å². The molecule has 17 heavy (non-hydrogen) atoms. The maximum Gasteiger partial charge on any atom is 0.122 e. The van der Waals surface area contributed by atoms with E-state index in [2.05, 4.69) is 6.07 Å². The highest BCUT2D eigenvalue weighted by atomic mass is 16.5. The zero-order valence-corrected chi connectivity index (χ0v) is 10.5. The second-order valence-electron chi connectivity index (χ2n) is 4.61. The summed E-state index contributed by atoms with van der Waals surface area (Å²) in [5.74, 6) is 0.964. The van der Waals surface area contributed by atoms with E-state index in [1.165, 1.54) is 5.56 Å². The van der Waals surface area contributed by atoms with E-state index in [0.717, 1.165) is 37.2 Å². The molecule has 3 nitrogen and oxygen atoms in total. The maximum absolute atomic E-state index is 10.1. The van der Waals surface area contributed by atoms with Crippen molar-refractivity contribution in [2.45, 2.75) is 38.4 Å². The molecule has 0 fully saturated rings. The number of aliphatic hydroxyl groups is 1. The second kappa shape index (κ2) is 5.52. The Kier molecular flexibility index (Phi) is 4.02. The van der Waals surface area contributed by atoms with Crippen LogP contribution in [0.1, 0.15) is 37.0 Å². The van der Waals surface area contributed by atoms with Gasteiger partial charge in [-0.3, -0.25) is 0 Å². The average molecular weight is 236 g/mol. The van der Waals surface area contributed by atoms with Crippen molar-refractivity contribution in [3.8, 4) is 5.75 Å². The van der Waals surface area contributed by atoms with Crippen LogP contribution in [0.3, 0.4) is 0 Å². The Morgan fingerprint density at radius 1 is 1.41 bits per heavy atom. The summed E-state index contributed by atoms with van der Waals surface area (Å²) in [5, 5.41) is 10.1. The van der Waals surface area contributed by atoms with Gasteiger partial charge in [-0.05, 0) is 43.0 Å². The van der Waals surface area contributed by atoms with Gasteiger partial charge in [0.15, 0.2) is 0 Å². The molecule has 2 unspecified atom stereocenters. The van der Waals surface area contributed by atoms with E-state index in [4.69, 9.17) is 9.47 Å². The Morgan fingerprint density at radius 2 is 2.24 bits per heavy atom. The third kappa shape index (κ3) is 2.99. The number of hydrogen-bond acceptors (Lipinski definition) is 3. The molecule has 1 aromatic rings. The average Bonchev–Trinajstić information content (AvgIpc) is 2.82. The molecule has 94 valence electrons. The van der Waals surface area contributed by atoms with Gasteiger partial charge >= 0.3 is 0 Å². The predicted octanol–water partition coefficient (Wildman–Crippen LogP) is 2.47. The standard InChI is InChI=1S/C14H20O3/c1-10(16-2)3-5-13(15)11-4-6-14-12(9-11)7-8-17-14/h4,6,9-10,13,15H,3,5,7-8H2,1-2H3. The Morgan fingerprint density at radius 3 is 3.00 bits per heavy atom. The summed E-state index contributed by atoms with van der Waals surface area (Å²) in [7, 11) is 1.70. The molecule has 0 radical (unpaired) electrons. The summed E-state index contributed by atoms with van der Waals surface area (Å²) in [6.07, 6.45) is 2.34. The van der Waals surface area contributed by atoms with Gasteiger partial charge in [0.25, 0.3) is 0 Å². The van der Waals surface area contributed by atoms with Crippen LogP contribution >= 0.6 is 0 Å². The normalized spacial score (nSPS) is 17.4. The largest absolute Gasteiger partial charge is 0.493 e. The molecule has 1 aliphatic rings. The molecule has 0 aliphatic carbocycles. The van der Waals surface area contributed by atoms with Crippen LogP contribution in [0.15, 0.2) is 18.2 Å². The van der Waals surface area contributed by atoms with Crippen molar-refractivity contribution in [3.63, 3.8) is 0 Å². The van der Waals surface area contributed by atoms with E-state index in [9.17, 15) is 5.11 Å². The molecule has 2 rings (SSSR count). The van der Waals surface area contributed by atoms with Crippen molar-refractivity contribution in [2.24, 2.45) is 0 Å². The SMILES string of the molecule is COC(C)CCC(O)c1ccc2c(c1)CCO2. The highest BCUT2D eigenvalue weighted by Crippen LogP contribution is 2.29. The smallest absolute Gasteiger partial charge is 0.122 e. The maximum atomic E-state index is 10.1. The van der Waals surface area contributed by atoms with Gasteiger partial charge in [0.2, 0.25) is 0 Å². The number of hydrogen-bond donors (Lipinski definition) is 1. The Labute approximate surface area is 102 Å². The van der Waals surface area contributed by atoms with Crippen LogP contribution in [0.5, 0.6) is 5.75 Å². The second-order valence-corrected chi connectivity index (χ2v) is 4.61. The summed E-state index contributed by atoms with van der Waals surface area (Å²) in [6, 6.07) is 5.97. The van der Waals surface area contributed by atoms with Crippen molar-refractivity contribution in [1.29, 1.82) is 0 Å². The molecule has 1 aliphatic heterocycles. The third-order valence-corrected chi connectivity index (χ3v) is 3.35. The van der Waals surface area contributed by atoms with Crippen LogP contribution in [-0.2, 0) is 11.2 Å². The lowest BCUT2D eigenvalue weighted by molar-refractivity contribution is 0.0851. The molecular formula is C14H20O3. The molecule has 3 heteroatoms. The number of fused-ring (bicyclic) bond motifs is 1. The van der Waals surface area contributed by atoms with Gasteiger partial charge in [-0.2, -0.15) is 0 Å². The lowest BCUT2D eigenvalue weighted by atomic mass is 10.0. The minimum atomic E-state index is -0.404. The van der Waals surface area contributed by atoms with Crippen LogP contribution in [0, 0.1) is 0 Å². The fourth-order valence-electron chi connectivity index (χ4n) is 2.09. The van der Waals surface area contributed by atoms with E-state index in [0.29, 0.717) is 0 Å². The third-order valence-electron chi connectivity index (χ3n) is 3.35. The van der Waals surface area contributed by atoms with Gasteiger partial charge < -0.3 is 14.6 Å². The molecule has 2 atom stereocenters. The van der Waals surface area contributed by atoms with Gasteiger partial charge in [-0.15, -0.1) is 0 Å². The molecule has 0 amide bonds. The van der Waals surface area contributed by atoms with Crippen LogP contribution in [0.2, 0.25) is 0 Å². The fraction of sp³-hybridized carbons (Fsp3) is 0.571. The number of aliphatic hydroxyl groups excluding tert-OH is 1. The highest BCUT2D eigenvalue weighted by molar-refractivity contribution is 5.40. The van der Waals surface area contributed by atoms with E-state index in [1.54, 1.807) is 7.11 Å². The topological polar surface area (TPSA) is 38.7 Å². The molecule has 1 heterocycles. The summed E-state index contributed by atoms with van der Waals surface area (Å²) in [4.78, 5) is 0. The summed E-state index contributed by atoms with van der Waals surface area (Å²) < 4.78 is 10.6. The molecule has 1 aromatic carbocycles. The monoisotopic (exact) mass is 236 g/mol. The number of rotatable bonds is 5. The first kappa shape index (κ1) is 12.4. The van der Waals surface area contributed by atoms with Gasteiger partial charge in [0.1, 0.15) is 5.75 Å².